The van der Waals surface area contributed by atoms with Crippen molar-refractivity contribution < 1.29 is 22.9 Å². The molecule has 10 nitrogen and oxygen atoms in total. The molecule has 0 aliphatic heterocycles. The van der Waals surface area contributed by atoms with Crippen LogP contribution in [-0.2, 0) is 32.6 Å². The van der Waals surface area contributed by atoms with Gasteiger partial charge in [0, 0.05) is 31.6 Å². The van der Waals surface area contributed by atoms with Gasteiger partial charge in [-0.1, -0.05) is 97.2 Å². The highest BCUT2D eigenvalue weighted by atomic mass is 35.5. The molecule has 1 N–H and O–H groups in total. The van der Waals surface area contributed by atoms with Crippen LogP contribution in [0, 0.1) is 10.1 Å². The molecule has 2 amide bonds. The molecule has 0 aromatic heterocycles. The quantitative estimate of drug-likeness (QED) is 0.0841. The van der Waals surface area contributed by atoms with Crippen LogP contribution < -0.4 is 9.62 Å². The average molecular weight is 698 g/mol. The zero-order valence-corrected chi connectivity index (χ0v) is 27.9. The van der Waals surface area contributed by atoms with Gasteiger partial charge in [-0.25, -0.2) is 8.42 Å². The van der Waals surface area contributed by atoms with E-state index in [-0.39, 0.29) is 34.3 Å². The van der Waals surface area contributed by atoms with Gasteiger partial charge >= 0.3 is 0 Å². The van der Waals surface area contributed by atoms with Crippen molar-refractivity contribution in [3.8, 4) is 0 Å². The van der Waals surface area contributed by atoms with Gasteiger partial charge in [0.2, 0.25) is 11.8 Å². The van der Waals surface area contributed by atoms with Gasteiger partial charge in [-0.2, -0.15) is 0 Å². The molecule has 246 valence electrons. The largest absolute Gasteiger partial charge is 0.354 e. The van der Waals surface area contributed by atoms with Crippen molar-refractivity contribution in [1.82, 2.24) is 10.2 Å². The number of nitro benzene ring substituents is 1. The first-order chi connectivity index (χ1) is 22.5. The predicted molar refractivity (Wildman–Crippen MR) is 183 cm³/mol. The van der Waals surface area contributed by atoms with Gasteiger partial charge < -0.3 is 10.2 Å². The third kappa shape index (κ3) is 9.31. The number of non-ortho nitro benzene ring substituents is 1. The van der Waals surface area contributed by atoms with Crippen LogP contribution in [0.1, 0.15) is 30.9 Å². The number of hydrogen-bond donors (Lipinski definition) is 1. The normalized spacial score (nSPS) is 11.8. The lowest BCUT2D eigenvalue weighted by atomic mass is 10.0. The van der Waals surface area contributed by atoms with Crippen molar-refractivity contribution >= 4 is 56.4 Å². The second kappa shape index (κ2) is 16.4. The molecular formula is C34H34Cl2N4O6S. The van der Waals surface area contributed by atoms with Gasteiger partial charge in [0.25, 0.3) is 15.7 Å². The molecule has 0 radical (unpaired) electrons. The highest BCUT2D eigenvalue weighted by Gasteiger charge is 2.35. The summed E-state index contributed by atoms with van der Waals surface area (Å²) >= 11 is 12.5. The van der Waals surface area contributed by atoms with E-state index in [0.717, 1.165) is 28.8 Å². The number of unbranched alkanes of at least 4 members (excludes halogenated alkanes) is 1. The number of nitrogens with zero attached hydrogens (tertiary/aromatic N) is 3. The Balaban J connectivity index is 1.82. The van der Waals surface area contributed by atoms with E-state index in [1.807, 2.05) is 37.3 Å². The molecule has 0 saturated heterocycles. The Morgan fingerprint density at radius 2 is 1.55 bits per heavy atom. The maximum atomic E-state index is 14.5. The van der Waals surface area contributed by atoms with E-state index in [9.17, 15) is 28.1 Å². The zero-order valence-electron chi connectivity index (χ0n) is 25.6. The average Bonchev–Trinajstić information content (AvgIpc) is 3.07. The number of anilines is 1. The molecule has 4 aromatic rings. The third-order valence-electron chi connectivity index (χ3n) is 7.38. The van der Waals surface area contributed by atoms with E-state index < -0.39 is 39.3 Å². The van der Waals surface area contributed by atoms with Crippen LogP contribution in [0.2, 0.25) is 10.0 Å². The van der Waals surface area contributed by atoms with Crippen molar-refractivity contribution in [3.05, 3.63) is 134 Å². The zero-order chi connectivity index (χ0) is 34.0. The molecule has 1 atom stereocenters. The monoisotopic (exact) mass is 696 g/mol. The smallest absolute Gasteiger partial charge is 0.271 e. The molecule has 0 aliphatic carbocycles. The van der Waals surface area contributed by atoms with Crippen molar-refractivity contribution in [2.24, 2.45) is 0 Å². The Morgan fingerprint density at radius 1 is 0.872 bits per heavy atom. The molecule has 4 aromatic carbocycles. The standard InChI is InChI=1S/C34H34Cl2N4O6S/c1-2-3-19-37-34(42)32(21-25-11-6-4-7-12-25)38(23-26-17-18-30(35)31(36)20-26)33(41)24-39(27-13-10-14-28(22-27)40(43)44)47(45,46)29-15-8-5-9-16-29/h4-18,20,22,32H,2-3,19,21,23-24H2,1H3,(H,37,42)/t32-/m1/s1. The van der Waals surface area contributed by atoms with E-state index >= 15 is 0 Å². The lowest BCUT2D eigenvalue weighted by molar-refractivity contribution is -0.384. The van der Waals surface area contributed by atoms with E-state index in [0.29, 0.717) is 17.1 Å². The number of carbonyl (C=O) groups excluding carboxylic acids is 2. The number of carbonyl (C=O) groups is 2. The summed E-state index contributed by atoms with van der Waals surface area (Å²) in [6.07, 6.45) is 1.69. The highest BCUT2D eigenvalue weighted by Crippen LogP contribution is 2.29. The summed E-state index contributed by atoms with van der Waals surface area (Å²) in [7, 11) is -4.41. The summed E-state index contributed by atoms with van der Waals surface area (Å²) in [5.41, 5.74) is 0.897. The molecule has 0 fully saturated rings. The van der Waals surface area contributed by atoms with Gasteiger partial charge in [0.1, 0.15) is 12.6 Å². The molecule has 0 saturated carbocycles. The molecule has 0 unspecified atom stereocenters. The summed E-state index contributed by atoms with van der Waals surface area (Å²) in [5.74, 6) is -1.13. The second-order valence-electron chi connectivity index (χ2n) is 10.7. The molecule has 0 heterocycles. The van der Waals surface area contributed by atoms with Crippen molar-refractivity contribution in [2.45, 2.75) is 43.7 Å². The Hall–Kier alpha value is -4.45. The van der Waals surface area contributed by atoms with Crippen molar-refractivity contribution in [2.75, 3.05) is 17.4 Å². The fraction of sp³-hybridized carbons (Fsp3) is 0.235. The van der Waals surface area contributed by atoms with Gasteiger partial charge in [-0.3, -0.25) is 24.0 Å². The number of nitrogens with one attached hydrogen (secondary N) is 1. The topological polar surface area (TPSA) is 130 Å². The maximum absolute atomic E-state index is 14.5. The number of rotatable bonds is 15. The lowest BCUT2D eigenvalue weighted by Crippen LogP contribution is -2.53. The summed E-state index contributed by atoms with van der Waals surface area (Å²) in [6.45, 7) is 1.51. The van der Waals surface area contributed by atoms with Crippen molar-refractivity contribution in [1.29, 1.82) is 0 Å². The first-order valence-electron chi connectivity index (χ1n) is 14.9. The summed E-state index contributed by atoms with van der Waals surface area (Å²) in [5, 5.41) is 15.1. The third-order valence-corrected chi connectivity index (χ3v) is 9.90. The van der Waals surface area contributed by atoms with E-state index in [2.05, 4.69) is 5.32 Å². The Bertz CT molecular complexity index is 1810. The van der Waals surface area contributed by atoms with Crippen LogP contribution in [0.5, 0.6) is 0 Å². The van der Waals surface area contributed by atoms with Crippen LogP contribution in [0.4, 0.5) is 11.4 Å². The molecule has 13 heteroatoms. The minimum Gasteiger partial charge on any atom is -0.354 e. The summed E-state index contributed by atoms with van der Waals surface area (Å²) < 4.78 is 28.9. The van der Waals surface area contributed by atoms with Gasteiger partial charge in [0.15, 0.2) is 0 Å². The van der Waals surface area contributed by atoms with E-state index in [4.69, 9.17) is 23.2 Å². The van der Waals surface area contributed by atoms with E-state index in [1.54, 1.807) is 24.3 Å². The fourth-order valence-electron chi connectivity index (χ4n) is 4.90. The number of sulfonamides is 1. The van der Waals surface area contributed by atoms with Crippen LogP contribution >= 0.6 is 23.2 Å². The maximum Gasteiger partial charge on any atom is 0.271 e. The van der Waals surface area contributed by atoms with Gasteiger partial charge in [-0.15, -0.1) is 0 Å². The van der Waals surface area contributed by atoms with Crippen molar-refractivity contribution in [3.63, 3.8) is 0 Å². The summed E-state index contributed by atoms with van der Waals surface area (Å²) in [4.78, 5) is 40.5. The minimum absolute atomic E-state index is 0.0853. The SMILES string of the molecule is CCCCNC(=O)[C@@H](Cc1ccccc1)N(Cc1ccc(Cl)c(Cl)c1)C(=O)CN(c1cccc([N+](=O)[O-])c1)S(=O)(=O)c1ccccc1. The molecular weight excluding hydrogens is 663 g/mol. The molecule has 4 rings (SSSR count). The molecule has 0 aliphatic rings. The van der Waals surface area contributed by atoms with E-state index in [1.165, 1.54) is 47.4 Å². The first kappa shape index (κ1) is 35.4. The van der Waals surface area contributed by atoms with Crippen LogP contribution in [0.15, 0.2) is 108 Å². The number of nitro groups is 1. The van der Waals surface area contributed by atoms with Gasteiger partial charge in [-0.05, 0) is 47.9 Å². The minimum atomic E-state index is -4.41. The molecule has 47 heavy (non-hydrogen) atoms. The summed E-state index contributed by atoms with van der Waals surface area (Å²) in [6, 6.07) is 25.4. The fourth-order valence-corrected chi connectivity index (χ4v) is 6.65. The predicted octanol–water partition coefficient (Wildman–Crippen LogP) is 6.65. The molecule has 0 spiro atoms. The number of halogens is 2. The van der Waals surface area contributed by atoms with Crippen LogP contribution in [-0.4, -0.2) is 49.2 Å². The molecule has 0 bridgehead atoms. The lowest BCUT2D eigenvalue weighted by Gasteiger charge is -2.34. The van der Waals surface area contributed by atoms with Gasteiger partial charge in [0.05, 0.1) is 25.6 Å². The number of benzene rings is 4. The van der Waals surface area contributed by atoms with Crippen LogP contribution in [0.25, 0.3) is 0 Å². The second-order valence-corrected chi connectivity index (χ2v) is 13.4. The Morgan fingerprint density at radius 3 is 2.19 bits per heavy atom. The Labute approximate surface area is 284 Å². The van der Waals surface area contributed by atoms with Crippen LogP contribution in [0.3, 0.4) is 0 Å². The first-order valence-corrected chi connectivity index (χ1v) is 17.1. The number of hydrogen-bond acceptors (Lipinski definition) is 6. The Kier molecular flexibility index (Phi) is 12.4. The number of amides is 2. The highest BCUT2D eigenvalue weighted by molar-refractivity contribution is 7.92.